The SMILES string of the molecule is CCOc1ccc(NC(=O)CC(CN)OC)cc1S(=O)(=O)N1CCCC1. The van der Waals surface area contributed by atoms with Crippen LogP contribution in [0.5, 0.6) is 5.75 Å². The van der Waals surface area contributed by atoms with Crippen LogP contribution < -0.4 is 15.8 Å². The van der Waals surface area contributed by atoms with Crippen LogP contribution in [0.2, 0.25) is 0 Å². The molecule has 0 saturated carbocycles. The Hall–Kier alpha value is -1.68. The van der Waals surface area contributed by atoms with Crippen LogP contribution in [0.4, 0.5) is 5.69 Å². The third-order valence-corrected chi connectivity index (χ3v) is 6.14. The van der Waals surface area contributed by atoms with Crippen molar-refractivity contribution in [3.63, 3.8) is 0 Å². The van der Waals surface area contributed by atoms with Gasteiger partial charge in [-0.2, -0.15) is 4.31 Å². The molecule has 0 spiro atoms. The highest BCUT2D eigenvalue weighted by molar-refractivity contribution is 7.89. The average molecular weight is 385 g/mol. The fourth-order valence-electron chi connectivity index (χ4n) is 2.81. The number of hydrogen-bond acceptors (Lipinski definition) is 6. The number of carbonyl (C=O) groups is 1. The molecule has 1 aliphatic rings. The van der Waals surface area contributed by atoms with Crippen molar-refractivity contribution in [1.82, 2.24) is 4.31 Å². The second-order valence-corrected chi connectivity index (χ2v) is 7.96. The van der Waals surface area contributed by atoms with E-state index in [9.17, 15) is 13.2 Å². The van der Waals surface area contributed by atoms with Gasteiger partial charge in [-0.3, -0.25) is 4.79 Å². The molecule has 1 aromatic rings. The Morgan fingerprint density at radius 2 is 2.04 bits per heavy atom. The standard InChI is InChI=1S/C17H27N3O5S/c1-3-25-15-7-6-13(19-17(21)11-14(12-18)24-2)10-16(15)26(22,23)20-8-4-5-9-20/h6-7,10,14H,3-5,8-9,11-12,18H2,1-2H3,(H,19,21). The lowest BCUT2D eigenvalue weighted by molar-refractivity contribution is -0.118. The Bertz CT molecular complexity index is 713. The maximum Gasteiger partial charge on any atom is 0.246 e. The molecule has 2 rings (SSSR count). The first kappa shape index (κ1) is 20.6. The highest BCUT2D eigenvalue weighted by atomic mass is 32.2. The molecule has 3 N–H and O–H groups in total. The van der Waals surface area contributed by atoms with Gasteiger partial charge in [-0.25, -0.2) is 8.42 Å². The van der Waals surface area contributed by atoms with E-state index in [4.69, 9.17) is 15.2 Å². The summed E-state index contributed by atoms with van der Waals surface area (Å²) >= 11 is 0. The quantitative estimate of drug-likeness (QED) is 0.660. The van der Waals surface area contributed by atoms with Gasteiger partial charge in [0, 0.05) is 32.4 Å². The fourth-order valence-corrected chi connectivity index (χ4v) is 4.49. The molecule has 8 nitrogen and oxygen atoms in total. The van der Waals surface area contributed by atoms with Crippen molar-refractivity contribution < 1.29 is 22.7 Å². The molecule has 146 valence electrons. The van der Waals surface area contributed by atoms with Gasteiger partial charge < -0.3 is 20.5 Å². The summed E-state index contributed by atoms with van der Waals surface area (Å²) in [4.78, 5) is 12.2. The number of methoxy groups -OCH3 is 1. The zero-order valence-electron chi connectivity index (χ0n) is 15.2. The number of sulfonamides is 1. The number of nitrogens with two attached hydrogens (primary N) is 1. The first-order valence-electron chi connectivity index (χ1n) is 8.72. The summed E-state index contributed by atoms with van der Waals surface area (Å²) in [6.45, 7) is 3.36. The summed E-state index contributed by atoms with van der Waals surface area (Å²) in [6, 6.07) is 4.63. The molecule has 9 heteroatoms. The van der Waals surface area contributed by atoms with E-state index in [-0.39, 0.29) is 35.6 Å². The maximum absolute atomic E-state index is 12.9. The number of carbonyl (C=O) groups excluding carboxylic acids is 1. The Balaban J connectivity index is 2.26. The van der Waals surface area contributed by atoms with Crippen LogP contribution in [0.1, 0.15) is 26.2 Å². The monoisotopic (exact) mass is 385 g/mol. The van der Waals surface area contributed by atoms with Crippen LogP contribution in [-0.2, 0) is 19.6 Å². The smallest absolute Gasteiger partial charge is 0.246 e. The molecule has 1 unspecified atom stereocenters. The summed E-state index contributed by atoms with van der Waals surface area (Å²) in [5.41, 5.74) is 5.91. The highest BCUT2D eigenvalue weighted by Crippen LogP contribution is 2.31. The molecule has 0 aliphatic carbocycles. The first-order valence-corrected chi connectivity index (χ1v) is 10.2. The molecule has 1 saturated heterocycles. The Morgan fingerprint density at radius 3 is 2.62 bits per heavy atom. The minimum absolute atomic E-state index is 0.0705. The minimum Gasteiger partial charge on any atom is -0.492 e. The van der Waals surface area contributed by atoms with Gasteiger partial charge in [0.25, 0.3) is 0 Å². The second-order valence-electron chi connectivity index (χ2n) is 6.05. The number of amides is 1. The number of anilines is 1. The van der Waals surface area contributed by atoms with Gasteiger partial charge in [-0.05, 0) is 38.0 Å². The number of hydrogen-bond donors (Lipinski definition) is 2. The van der Waals surface area contributed by atoms with E-state index >= 15 is 0 Å². The van der Waals surface area contributed by atoms with Gasteiger partial charge in [0.15, 0.2) is 0 Å². The van der Waals surface area contributed by atoms with Gasteiger partial charge >= 0.3 is 0 Å². The minimum atomic E-state index is -3.67. The highest BCUT2D eigenvalue weighted by Gasteiger charge is 2.30. The lowest BCUT2D eigenvalue weighted by Crippen LogP contribution is -2.29. The third-order valence-electron chi connectivity index (χ3n) is 4.22. The van der Waals surface area contributed by atoms with E-state index in [0.717, 1.165) is 12.8 Å². The maximum atomic E-state index is 12.9. The number of nitrogens with zero attached hydrogens (tertiary/aromatic N) is 1. The van der Waals surface area contributed by atoms with Gasteiger partial charge in [0.1, 0.15) is 10.6 Å². The van der Waals surface area contributed by atoms with E-state index in [2.05, 4.69) is 5.32 Å². The van der Waals surface area contributed by atoms with Crippen LogP contribution in [-0.4, -0.2) is 58.1 Å². The molecule has 0 bridgehead atoms. The molecule has 1 amide bonds. The van der Waals surface area contributed by atoms with Crippen molar-refractivity contribution in [2.75, 3.05) is 38.7 Å². The lowest BCUT2D eigenvalue weighted by Gasteiger charge is -2.19. The Morgan fingerprint density at radius 1 is 1.35 bits per heavy atom. The number of benzene rings is 1. The second kappa shape index (κ2) is 9.31. The molecule has 1 heterocycles. The number of ether oxygens (including phenoxy) is 2. The lowest BCUT2D eigenvalue weighted by atomic mass is 10.2. The fraction of sp³-hybridized carbons (Fsp3) is 0.588. The molecule has 0 aromatic heterocycles. The van der Waals surface area contributed by atoms with E-state index in [1.807, 2.05) is 0 Å². The van der Waals surface area contributed by atoms with Crippen LogP contribution in [0, 0.1) is 0 Å². The molecular weight excluding hydrogens is 358 g/mol. The van der Waals surface area contributed by atoms with Crippen LogP contribution in [0.25, 0.3) is 0 Å². The van der Waals surface area contributed by atoms with Crippen LogP contribution >= 0.6 is 0 Å². The van der Waals surface area contributed by atoms with Crippen molar-refractivity contribution in [1.29, 1.82) is 0 Å². The predicted molar refractivity (Wildman–Crippen MR) is 98.7 cm³/mol. The van der Waals surface area contributed by atoms with Crippen LogP contribution in [0.15, 0.2) is 23.1 Å². The van der Waals surface area contributed by atoms with E-state index in [0.29, 0.717) is 25.4 Å². The predicted octanol–water partition coefficient (Wildman–Crippen LogP) is 1.17. The zero-order chi connectivity index (χ0) is 19.2. The summed E-state index contributed by atoms with van der Waals surface area (Å²) in [5, 5.41) is 2.70. The molecule has 0 radical (unpaired) electrons. The molecule has 1 aromatic carbocycles. The third kappa shape index (κ3) is 4.94. The van der Waals surface area contributed by atoms with Crippen molar-refractivity contribution in [3.8, 4) is 5.75 Å². The van der Waals surface area contributed by atoms with Gasteiger partial charge in [-0.15, -0.1) is 0 Å². The molecule has 1 atom stereocenters. The van der Waals surface area contributed by atoms with Crippen molar-refractivity contribution in [2.24, 2.45) is 5.73 Å². The summed E-state index contributed by atoms with van der Waals surface area (Å²) in [7, 11) is -2.18. The summed E-state index contributed by atoms with van der Waals surface area (Å²) in [6.07, 6.45) is 1.40. The van der Waals surface area contributed by atoms with E-state index in [1.165, 1.54) is 17.5 Å². The first-order chi connectivity index (χ1) is 12.4. The number of nitrogens with one attached hydrogen (secondary N) is 1. The normalized spacial score (nSPS) is 16.4. The van der Waals surface area contributed by atoms with Crippen molar-refractivity contribution >= 4 is 21.6 Å². The zero-order valence-corrected chi connectivity index (χ0v) is 16.0. The van der Waals surface area contributed by atoms with Gasteiger partial charge in [0.05, 0.1) is 19.1 Å². The Kier molecular flexibility index (Phi) is 7.39. The van der Waals surface area contributed by atoms with Gasteiger partial charge in [-0.1, -0.05) is 0 Å². The number of rotatable bonds is 9. The van der Waals surface area contributed by atoms with E-state index < -0.39 is 10.0 Å². The molecular formula is C17H27N3O5S. The average Bonchev–Trinajstić information content (AvgIpc) is 3.16. The Labute approximate surface area is 154 Å². The van der Waals surface area contributed by atoms with Gasteiger partial charge in [0.2, 0.25) is 15.9 Å². The largest absolute Gasteiger partial charge is 0.492 e. The van der Waals surface area contributed by atoms with Crippen LogP contribution in [0.3, 0.4) is 0 Å². The van der Waals surface area contributed by atoms with E-state index in [1.54, 1.807) is 19.1 Å². The molecule has 1 fully saturated rings. The van der Waals surface area contributed by atoms with Crippen molar-refractivity contribution in [3.05, 3.63) is 18.2 Å². The van der Waals surface area contributed by atoms with Crippen molar-refractivity contribution in [2.45, 2.75) is 37.2 Å². The molecule has 1 aliphatic heterocycles. The summed E-state index contributed by atoms with van der Waals surface area (Å²) < 4.78 is 37.9. The molecule has 26 heavy (non-hydrogen) atoms. The summed E-state index contributed by atoms with van der Waals surface area (Å²) in [5.74, 6) is -0.00916. The topological polar surface area (TPSA) is 111 Å².